The number of aliphatic hydroxyl groups excluding tert-OH is 2. The number of nitrogens with two attached hydrogens (primary N) is 2. The van der Waals surface area contributed by atoms with Crippen molar-refractivity contribution in [1.82, 2.24) is 14.9 Å². The molecule has 0 bridgehead atoms. The third-order valence-corrected chi connectivity index (χ3v) is 4.44. The Morgan fingerprint density at radius 2 is 2.12 bits per heavy atom. The zero-order valence-electron chi connectivity index (χ0n) is 12.1. The second kappa shape index (κ2) is 6.29. The zero-order chi connectivity index (χ0) is 17.6. The van der Waals surface area contributed by atoms with Crippen molar-refractivity contribution in [1.29, 1.82) is 0 Å². The van der Waals surface area contributed by atoms with Crippen LogP contribution in [0.4, 0.5) is 5.82 Å². The molecule has 2 unspecified atom stereocenters. The number of hydrogen-bond donors (Lipinski definition) is 7. The highest BCUT2D eigenvalue weighted by atomic mass is 32.5. The van der Waals surface area contributed by atoms with Crippen LogP contribution in [0.2, 0.25) is 0 Å². The van der Waals surface area contributed by atoms with Crippen molar-refractivity contribution in [3.63, 3.8) is 0 Å². The van der Waals surface area contributed by atoms with E-state index in [1.807, 2.05) is 0 Å². The molecule has 0 aliphatic carbocycles. The van der Waals surface area contributed by atoms with E-state index in [2.05, 4.69) is 31.6 Å². The second-order valence-electron chi connectivity index (χ2n) is 5.31. The van der Waals surface area contributed by atoms with Gasteiger partial charge >= 0.3 is 6.72 Å². The summed E-state index contributed by atoms with van der Waals surface area (Å²) in [5, 5.41) is 23.0. The van der Waals surface area contributed by atoms with Crippen LogP contribution in [0.1, 0.15) is 18.1 Å². The number of hydrogen-bond acceptors (Lipinski definition) is 10. The number of aliphatic imine (C=N–C) groups is 1. The standard InChI is InChI=1S/C10H17N6O6PS/c11-7-4-8(15-10(12)14-7)16(2-13-4)9-6(18)5(17)3(22-9)1-21-23(19,20)24/h2-3,5-7,9,17-18H,1,11H2,(H3,12,14,15)(H2,19,20,24)/t3-,5?,6+,7?,9-/m1/s1. The summed E-state index contributed by atoms with van der Waals surface area (Å²) in [5.74, 6) is 0.358. The predicted octanol–water partition coefficient (Wildman–Crippen LogP) is -2.77. The molecule has 0 spiro atoms. The lowest BCUT2D eigenvalue weighted by Gasteiger charge is -2.22. The number of guanidine groups is 1. The first kappa shape index (κ1) is 17.7. The van der Waals surface area contributed by atoms with E-state index in [0.29, 0.717) is 5.69 Å². The van der Waals surface area contributed by atoms with Gasteiger partial charge in [-0.1, -0.05) is 0 Å². The predicted molar refractivity (Wildman–Crippen MR) is 84.2 cm³/mol. The summed E-state index contributed by atoms with van der Waals surface area (Å²) in [5.41, 5.74) is 11.9. The average molecular weight is 380 g/mol. The molecule has 14 heteroatoms. The maximum absolute atomic E-state index is 10.2. The van der Waals surface area contributed by atoms with E-state index in [-0.39, 0.29) is 11.8 Å². The van der Waals surface area contributed by atoms with Gasteiger partial charge in [0.15, 0.2) is 18.0 Å². The third kappa shape index (κ3) is 3.31. The Kier molecular flexibility index (Phi) is 4.63. The lowest BCUT2D eigenvalue weighted by atomic mass is 10.1. The largest absolute Gasteiger partial charge is 0.387 e. The fourth-order valence-corrected chi connectivity index (χ4v) is 3.05. The molecule has 5 atom stereocenters. The van der Waals surface area contributed by atoms with Gasteiger partial charge in [0.2, 0.25) is 0 Å². The SMILES string of the molecule is NC1=Nc2c(ncn2[C@@H]2O[C@H](COP(O)(O)=S)C(O)[C@@H]2O)C(N)N1. The highest BCUT2D eigenvalue weighted by Crippen LogP contribution is 2.40. The summed E-state index contributed by atoms with van der Waals surface area (Å²) in [4.78, 5) is 26.4. The molecule has 1 aromatic heterocycles. The first-order chi connectivity index (χ1) is 11.2. The number of aromatic nitrogens is 2. The quantitative estimate of drug-likeness (QED) is 0.267. The Morgan fingerprint density at radius 3 is 2.79 bits per heavy atom. The van der Waals surface area contributed by atoms with Crippen LogP contribution in [0.25, 0.3) is 0 Å². The molecule has 0 saturated carbocycles. The molecule has 9 N–H and O–H groups in total. The van der Waals surface area contributed by atoms with Crippen LogP contribution in [0.15, 0.2) is 11.3 Å². The Hall–Kier alpha value is -1.15. The highest BCUT2D eigenvalue weighted by Gasteiger charge is 2.45. The van der Waals surface area contributed by atoms with Crippen molar-refractivity contribution < 1.29 is 29.3 Å². The Morgan fingerprint density at radius 1 is 1.42 bits per heavy atom. The summed E-state index contributed by atoms with van der Waals surface area (Å²) < 4.78 is 11.6. The van der Waals surface area contributed by atoms with Crippen LogP contribution in [-0.4, -0.2) is 60.4 Å². The number of ether oxygens (including phenoxy) is 1. The lowest BCUT2D eigenvalue weighted by molar-refractivity contribution is -0.0496. The number of fused-ring (bicyclic) bond motifs is 1. The van der Waals surface area contributed by atoms with Gasteiger partial charge in [-0.05, 0) is 11.8 Å². The molecule has 0 amide bonds. The van der Waals surface area contributed by atoms with E-state index < -0.39 is 44.0 Å². The number of aliphatic hydroxyl groups is 2. The lowest BCUT2D eigenvalue weighted by Crippen LogP contribution is -2.41. The molecular formula is C10H17N6O6PS. The van der Waals surface area contributed by atoms with Crippen LogP contribution < -0.4 is 16.8 Å². The monoisotopic (exact) mass is 380 g/mol. The Labute approximate surface area is 141 Å². The smallest absolute Gasteiger partial charge is 0.321 e. The molecule has 3 heterocycles. The maximum atomic E-state index is 10.2. The zero-order valence-corrected chi connectivity index (χ0v) is 13.8. The van der Waals surface area contributed by atoms with E-state index in [0.717, 1.165) is 0 Å². The molecule has 24 heavy (non-hydrogen) atoms. The van der Waals surface area contributed by atoms with Crippen molar-refractivity contribution in [2.45, 2.75) is 30.7 Å². The summed E-state index contributed by atoms with van der Waals surface area (Å²) >= 11 is 4.34. The van der Waals surface area contributed by atoms with E-state index in [1.165, 1.54) is 10.9 Å². The number of nitrogens with one attached hydrogen (secondary N) is 1. The fraction of sp³-hybridized carbons (Fsp3) is 0.600. The fourth-order valence-electron chi connectivity index (χ4n) is 2.53. The number of nitrogens with zero attached hydrogens (tertiary/aromatic N) is 3. The summed E-state index contributed by atoms with van der Waals surface area (Å²) in [7, 11) is 0. The van der Waals surface area contributed by atoms with Gasteiger partial charge in [-0.25, -0.2) is 4.98 Å². The minimum Gasteiger partial charge on any atom is -0.387 e. The molecule has 1 saturated heterocycles. The van der Waals surface area contributed by atoms with Crippen LogP contribution in [-0.2, 0) is 21.1 Å². The molecule has 2 aliphatic rings. The average Bonchev–Trinajstić information content (AvgIpc) is 3.00. The van der Waals surface area contributed by atoms with Crippen molar-refractivity contribution in [3.8, 4) is 0 Å². The highest BCUT2D eigenvalue weighted by molar-refractivity contribution is 8.06. The molecule has 1 fully saturated rings. The minimum atomic E-state index is -3.90. The van der Waals surface area contributed by atoms with E-state index >= 15 is 0 Å². The van der Waals surface area contributed by atoms with Crippen molar-refractivity contribution >= 4 is 30.3 Å². The molecule has 134 valence electrons. The molecule has 2 aliphatic heterocycles. The third-order valence-electron chi connectivity index (χ3n) is 3.64. The normalized spacial score (nSPS) is 33.0. The second-order valence-corrected chi connectivity index (χ2v) is 7.98. The van der Waals surface area contributed by atoms with E-state index in [4.69, 9.17) is 26.0 Å². The first-order valence-corrected chi connectivity index (χ1v) is 9.44. The van der Waals surface area contributed by atoms with Crippen LogP contribution in [0.5, 0.6) is 0 Å². The van der Waals surface area contributed by atoms with Gasteiger partial charge in [-0.15, -0.1) is 0 Å². The van der Waals surface area contributed by atoms with Crippen molar-refractivity contribution in [2.24, 2.45) is 16.5 Å². The molecule has 0 aromatic carbocycles. The minimum absolute atomic E-state index is 0.0749. The van der Waals surface area contributed by atoms with Gasteiger partial charge in [0.1, 0.15) is 30.2 Å². The number of imidazole rings is 1. The van der Waals surface area contributed by atoms with Gasteiger partial charge < -0.3 is 46.0 Å². The molecule has 0 radical (unpaired) electrons. The van der Waals surface area contributed by atoms with E-state index in [1.54, 1.807) is 0 Å². The first-order valence-electron chi connectivity index (χ1n) is 6.82. The van der Waals surface area contributed by atoms with Gasteiger partial charge in [0, 0.05) is 0 Å². The van der Waals surface area contributed by atoms with Gasteiger partial charge in [-0.3, -0.25) is 4.57 Å². The van der Waals surface area contributed by atoms with Crippen molar-refractivity contribution in [3.05, 3.63) is 12.0 Å². The van der Waals surface area contributed by atoms with Crippen LogP contribution in [0, 0.1) is 0 Å². The Bertz CT molecular complexity index is 708. The molecule has 1 aromatic rings. The van der Waals surface area contributed by atoms with Gasteiger partial charge in [0.25, 0.3) is 0 Å². The summed E-state index contributed by atoms with van der Waals surface area (Å²) in [6, 6.07) is 0. The maximum Gasteiger partial charge on any atom is 0.321 e. The summed E-state index contributed by atoms with van der Waals surface area (Å²) in [6.07, 6.45) is -4.07. The van der Waals surface area contributed by atoms with Crippen LogP contribution >= 0.6 is 6.72 Å². The topological polar surface area (TPSA) is 194 Å². The number of rotatable bonds is 4. The van der Waals surface area contributed by atoms with Gasteiger partial charge in [-0.2, -0.15) is 4.99 Å². The molecule has 3 rings (SSSR count). The van der Waals surface area contributed by atoms with Gasteiger partial charge in [0.05, 0.1) is 12.9 Å². The van der Waals surface area contributed by atoms with Crippen molar-refractivity contribution in [2.75, 3.05) is 6.61 Å². The van der Waals surface area contributed by atoms with E-state index in [9.17, 15) is 10.2 Å². The molecular weight excluding hydrogens is 363 g/mol. The summed E-state index contributed by atoms with van der Waals surface area (Å²) in [6.45, 7) is -4.30. The molecule has 12 nitrogen and oxygen atoms in total. The Balaban J connectivity index is 1.83. The van der Waals surface area contributed by atoms with Crippen LogP contribution in [0.3, 0.4) is 0 Å².